The Labute approximate surface area is 530 Å². The first-order valence-corrected chi connectivity index (χ1v) is 30.4. The maximum atomic E-state index is 14.4. The van der Waals surface area contributed by atoms with Crippen LogP contribution in [0.4, 0.5) is 0 Å². The van der Waals surface area contributed by atoms with Gasteiger partial charge in [-0.25, -0.2) is 4.79 Å². The van der Waals surface area contributed by atoms with Crippen LogP contribution in [0.1, 0.15) is 96.5 Å². The number of benzene rings is 1. The lowest BCUT2D eigenvalue weighted by molar-refractivity contribution is -0.147. The number of carbonyl (C=O) groups is 13. The molecule has 90 heavy (non-hydrogen) atoms. The first kappa shape index (κ1) is 75.6. The maximum Gasteiger partial charge on any atom is 0.326 e. The Morgan fingerprint density at radius 1 is 0.611 bits per heavy atom. The van der Waals surface area contributed by atoms with Crippen LogP contribution in [0, 0.1) is 5.92 Å². The molecule has 0 saturated carbocycles. The van der Waals surface area contributed by atoms with Crippen LogP contribution in [-0.4, -0.2) is 213 Å². The molecule has 24 N–H and O–H groups in total. The van der Waals surface area contributed by atoms with E-state index in [1.165, 1.54) is 34.1 Å². The zero-order valence-corrected chi connectivity index (χ0v) is 52.0. The number of rotatable bonds is 38. The summed E-state index contributed by atoms with van der Waals surface area (Å²) in [6.07, 6.45) is -0.0184. The molecule has 0 aliphatic carbocycles. The van der Waals surface area contributed by atoms with Gasteiger partial charge in [0.05, 0.1) is 19.0 Å². The molecule has 34 nitrogen and oxygen atoms in total. The van der Waals surface area contributed by atoms with Gasteiger partial charge in [-0.3, -0.25) is 67.5 Å². The second kappa shape index (κ2) is 38.0. The number of phenols is 1. The summed E-state index contributed by atoms with van der Waals surface area (Å²) in [6.45, 7) is 3.14. The molecule has 1 aromatic rings. The molecule has 3 rings (SSSR count). The Morgan fingerprint density at radius 2 is 1.11 bits per heavy atom. The van der Waals surface area contributed by atoms with E-state index < -0.39 is 163 Å². The molecule has 2 heterocycles. The zero-order chi connectivity index (χ0) is 67.4. The number of phenolic OH excluding ortho intramolecular Hbond substituents is 1. The van der Waals surface area contributed by atoms with Crippen molar-refractivity contribution in [3.63, 3.8) is 0 Å². The number of thiol groups is 2. The van der Waals surface area contributed by atoms with Crippen molar-refractivity contribution in [2.75, 3.05) is 44.2 Å². The van der Waals surface area contributed by atoms with E-state index in [1.807, 2.05) is 0 Å². The number of aliphatic imine (C=N–C) groups is 2. The Bertz CT molecular complexity index is 2770. The number of hydrogen-bond donors (Lipinski definition) is 19. The Morgan fingerprint density at radius 3 is 1.66 bits per heavy atom. The molecule has 2 saturated heterocycles. The number of amides is 12. The first-order chi connectivity index (χ1) is 42.5. The number of primary amides is 2. The van der Waals surface area contributed by atoms with Gasteiger partial charge in [0.1, 0.15) is 60.1 Å². The number of carboxylic acid groups (broad SMARTS) is 1. The summed E-state index contributed by atoms with van der Waals surface area (Å²) in [4.78, 5) is 184. The van der Waals surface area contributed by atoms with E-state index in [-0.39, 0.29) is 107 Å². The second-order valence-corrected chi connectivity index (χ2v) is 22.4. The summed E-state index contributed by atoms with van der Waals surface area (Å²) >= 11 is 8.67. The summed E-state index contributed by atoms with van der Waals surface area (Å²) in [5, 5.41) is 39.6. The zero-order valence-electron chi connectivity index (χ0n) is 50.2. The fourth-order valence-electron chi connectivity index (χ4n) is 9.68. The highest BCUT2D eigenvalue weighted by molar-refractivity contribution is 7.80. The first-order valence-electron chi connectivity index (χ1n) is 29.2. The van der Waals surface area contributed by atoms with Crippen molar-refractivity contribution in [3.8, 4) is 5.75 Å². The minimum absolute atomic E-state index is 0.00240. The molecular formula is C54H87N19O15S2. The lowest BCUT2D eigenvalue weighted by Gasteiger charge is -2.33. The molecule has 2 aliphatic heterocycles. The van der Waals surface area contributed by atoms with Crippen LogP contribution in [0.2, 0.25) is 0 Å². The van der Waals surface area contributed by atoms with Crippen LogP contribution >= 0.6 is 25.3 Å². The fraction of sp³-hybridized carbons (Fsp3) is 0.611. The SMILES string of the molecule is CC[C@H](C)[C@H](NC(=O)[C@H](CS)NC(=O)[C@H](CCCN=C(N)N)NC(=O)[C@H](Cc1ccc(O)cc1)NC(=O)[C@H](CCC(N)=O)NC(=O)[C@@H](N)CC(N)=O)C(=O)N[C@@H](CS)C(=O)N1CCC[C@H]1C(=O)N1CCC[C@H]1C(=O)NCC(=O)N[C@@H](CCCN=C(N)N)C(=O)O. The van der Waals surface area contributed by atoms with E-state index in [2.05, 4.69) is 77.8 Å². The van der Waals surface area contributed by atoms with Gasteiger partial charge in [0.2, 0.25) is 70.9 Å². The number of carboxylic acids is 1. The van der Waals surface area contributed by atoms with Crippen LogP contribution in [0.25, 0.3) is 0 Å². The van der Waals surface area contributed by atoms with E-state index >= 15 is 0 Å². The normalized spacial score (nSPS) is 17.3. The van der Waals surface area contributed by atoms with Crippen molar-refractivity contribution in [2.45, 2.75) is 158 Å². The molecular weight excluding hydrogens is 1220 g/mol. The highest BCUT2D eigenvalue weighted by Crippen LogP contribution is 2.26. The summed E-state index contributed by atoms with van der Waals surface area (Å²) in [5.41, 5.74) is 38.3. The average Bonchev–Trinajstić information content (AvgIpc) is 1.73. The fourth-order valence-corrected chi connectivity index (χ4v) is 10.2. The molecule has 0 radical (unpaired) electrons. The molecule has 1 aromatic carbocycles. The third kappa shape index (κ3) is 25.1. The van der Waals surface area contributed by atoms with Crippen molar-refractivity contribution in [1.29, 1.82) is 0 Å². The van der Waals surface area contributed by atoms with Crippen molar-refractivity contribution in [2.24, 2.45) is 56.0 Å². The molecule has 2 fully saturated rings. The number of carbonyl (C=O) groups excluding carboxylic acids is 12. The number of hydrogen-bond acceptors (Lipinski definition) is 19. The number of likely N-dealkylation sites (tertiary alicyclic amines) is 2. The Kier molecular flexibility index (Phi) is 31.9. The van der Waals surface area contributed by atoms with Gasteiger partial charge in [-0.1, -0.05) is 32.4 Å². The predicted octanol–water partition coefficient (Wildman–Crippen LogP) is -7.01. The molecule has 0 aromatic heterocycles. The van der Waals surface area contributed by atoms with Gasteiger partial charge < -0.3 is 103 Å². The van der Waals surface area contributed by atoms with Gasteiger partial charge in [-0.05, 0) is 81.4 Å². The summed E-state index contributed by atoms with van der Waals surface area (Å²) in [5.74, 6) is -13.3. The summed E-state index contributed by atoms with van der Waals surface area (Å²) in [6, 6.07) is -8.14. The number of nitrogens with one attached hydrogen (secondary N) is 8. The molecule has 500 valence electrons. The van der Waals surface area contributed by atoms with Gasteiger partial charge in [-0.15, -0.1) is 0 Å². The molecule has 12 amide bonds. The topological polar surface area (TPSA) is 572 Å². The highest BCUT2D eigenvalue weighted by atomic mass is 32.1. The minimum atomic E-state index is -1.56. The molecule has 11 atom stereocenters. The molecule has 0 spiro atoms. The van der Waals surface area contributed by atoms with Gasteiger partial charge in [0.15, 0.2) is 11.9 Å². The lowest BCUT2D eigenvalue weighted by Crippen LogP contribution is -2.62. The number of guanidine groups is 2. The Balaban J connectivity index is 1.80. The minimum Gasteiger partial charge on any atom is -0.508 e. The van der Waals surface area contributed by atoms with Crippen LogP contribution in [-0.2, 0) is 68.7 Å². The third-order valence-corrected chi connectivity index (χ3v) is 15.5. The van der Waals surface area contributed by atoms with Crippen LogP contribution in [0.3, 0.4) is 0 Å². The third-order valence-electron chi connectivity index (χ3n) is 14.7. The monoisotopic (exact) mass is 1310 g/mol. The number of aromatic hydroxyl groups is 1. The van der Waals surface area contributed by atoms with Crippen LogP contribution in [0.15, 0.2) is 34.3 Å². The van der Waals surface area contributed by atoms with Crippen molar-refractivity contribution in [3.05, 3.63) is 29.8 Å². The van der Waals surface area contributed by atoms with Gasteiger partial charge in [-0.2, -0.15) is 25.3 Å². The molecule has 2 aliphatic rings. The molecule has 0 bridgehead atoms. The molecule has 36 heteroatoms. The largest absolute Gasteiger partial charge is 0.508 e. The van der Waals surface area contributed by atoms with E-state index in [0.29, 0.717) is 24.8 Å². The van der Waals surface area contributed by atoms with Gasteiger partial charge in [0.25, 0.3) is 0 Å². The smallest absolute Gasteiger partial charge is 0.326 e. The van der Waals surface area contributed by atoms with E-state index in [9.17, 15) is 72.5 Å². The summed E-state index contributed by atoms with van der Waals surface area (Å²) in [7, 11) is 0. The van der Waals surface area contributed by atoms with E-state index in [4.69, 9.17) is 40.1 Å². The predicted molar refractivity (Wildman–Crippen MR) is 333 cm³/mol. The maximum absolute atomic E-state index is 14.4. The van der Waals surface area contributed by atoms with Crippen LogP contribution in [0.5, 0.6) is 5.75 Å². The van der Waals surface area contributed by atoms with E-state index in [1.54, 1.807) is 13.8 Å². The Hall–Kier alpha value is -8.67. The van der Waals surface area contributed by atoms with Crippen LogP contribution < -0.4 is 82.7 Å². The number of aliphatic carboxylic acids is 1. The average molecular weight is 1310 g/mol. The van der Waals surface area contributed by atoms with Crippen molar-refractivity contribution >= 4 is 114 Å². The highest BCUT2D eigenvalue weighted by Gasteiger charge is 2.44. The summed E-state index contributed by atoms with van der Waals surface area (Å²) < 4.78 is 0. The van der Waals surface area contributed by atoms with Gasteiger partial charge in [0, 0.05) is 50.5 Å². The lowest BCUT2D eigenvalue weighted by atomic mass is 9.97. The van der Waals surface area contributed by atoms with Crippen molar-refractivity contribution in [1.82, 2.24) is 52.3 Å². The number of nitrogens with zero attached hydrogens (tertiary/aromatic N) is 4. The van der Waals surface area contributed by atoms with Gasteiger partial charge >= 0.3 is 5.97 Å². The van der Waals surface area contributed by atoms with E-state index in [0.717, 1.165) is 0 Å². The van der Waals surface area contributed by atoms with Crippen molar-refractivity contribution < 1.29 is 72.5 Å². The molecule has 0 unspecified atom stereocenters. The standard InChI is InChI=1S/C54H87N19O15S2/c1-3-27(2)42(49(84)70-36(26-90)50(85)73-21-7-11-38(73)51(86)72-20-6-10-37(72)48(83)64-24-41(77)65-33(52(87)88)9-5-19-63-54(60)61)71-47(82)35(25-89)69-44(79)31(8-4-18-62-53(58)59)67-46(81)34(22-28-12-14-29(74)15-13-28)68-45(80)32(16-17-39(56)75)66-43(78)30(55)23-40(57)76/h12-15,27,30-38,42,74,89-90H,3-11,16-26,55H2,1-2H3,(H2,56,75)(H2,57,76)(H,64,83)(H,65,77)(H,66,78)(H,67,81)(H,68,80)(H,69,79)(H,70,84)(H,71,82)(H,87,88)(H4,58,59,62)(H4,60,61,63)/t27-,30-,31-,32-,33-,34-,35-,36-,37-,38-,42-/m0/s1. The second-order valence-electron chi connectivity index (χ2n) is 21.6. The number of nitrogens with two attached hydrogens (primary N) is 7. The quantitative estimate of drug-likeness (QED) is 0.0127.